The van der Waals surface area contributed by atoms with Crippen LogP contribution in [-0.4, -0.2) is 9.55 Å². The van der Waals surface area contributed by atoms with Crippen LogP contribution in [0.1, 0.15) is 34.6 Å². The molecule has 0 bridgehead atoms. The molecule has 0 aliphatic rings. The minimum atomic E-state index is 0.847. The van der Waals surface area contributed by atoms with Gasteiger partial charge in [-0.05, 0) is 39.3 Å². The normalized spacial score (nSPS) is 11.1. The van der Waals surface area contributed by atoms with Gasteiger partial charge in [0.15, 0.2) is 0 Å². The number of aryl methyl sites for hydroxylation is 2. The molecule has 0 atom stereocenters. The van der Waals surface area contributed by atoms with Crippen molar-refractivity contribution in [3.8, 4) is 0 Å². The van der Waals surface area contributed by atoms with E-state index in [0.717, 1.165) is 30.3 Å². The molecule has 0 aliphatic heterocycles. The second kappa shape index (κ2) is 5.67. The topological polar surface area (TPSA) is 29.9 Å². The van der Waals surface area contributed by atoms with Crippen LogP contribution in [-0.2, 0) is 19.6 Å². The van der Waals surface area contributed by atoms with Crippen LogP contribution < -0.4 is 5.32 Å². The molecule has 2 rings (SSSR count). The van der Waals surface area contributed by atoms with Gasteiger partial charge in [0.25, 0.3) is 0 Å². The molecule has 4 heteroatoms. The Bertz CT molecular complexity index is 525. The fraction of sp³-hybridized carbons (Fsp3) is 0.500. The lowest BCUT2D eigenvalue weighted by Crippen LogP contribution is -2.13. The molecule has 1 N–H and O–H groups in total. The van der Waals surface area contributed by atoms with E-state index < -0.39 is 0 Å². The van der Waals surface area contributed by atoms with Gasteiger partial charge < -0.3 is 9.88 Å². The molecule has 2 heterocycles. The smallest absolute Gasteiger partial charge is 0.0897 e. The van der Waals surface area contributed by atoms with Crippen molar-refractivity contribution in [1.82, 2.24) is 14.9 Å². The first kappa shape index (κ1) is 13.3. The summed E-state index contributed by atoms with van der Waals surface area (Å²) in [5.41, 5.74) is 5.25. The summed E-state index contributed by atoms with van der Waals surface area (Å²) in [7, 11) is 0. The average Bonchev–Trinajstić information content (AvgIpc) is 2.85. The minimum absolute atomic E-state index is 0.847. The van der Waals surface area contributed by atoms with Gasteiger partial charge in [-0.25, -0.2) is 4.98 Å². The quantitative estimate of drug-likeness (QED) is 0.898. The number of nitrogens with one attached hydrogen (secondary N) is 1. The van der Waals surface area contributed by atoms with Gasteiger partial charge in [-0.15, -0.1) is 11.3 Å². The van der Waals surface area contributed by atoms with Gasteiger partial charge in [-0.3, -0.25) is 0 Å². The summed E-state index contributed by atoms with van der Waals surface area (Å²) in [6, 6.07) is 2.28. The van der Waals surface area contributed by atoms with E-state index in [9.17, 15) is 0 Å². The fourth-order valence-electron chi connectivity index (χ4n) is 2.35. The predicted octanol–water partition coefficient (Wildman–Crippen LogP) is 3.18. The Balaban J connectivity index is 1.94. The van der Waals surface area contributed by atoms with Crippen molar-refractivity contribution in [3.05, 3.63) is 39.1 Å². The highest BCUT2D eigenvalue weighted by atomic mass is 32.1. The SMILES string of the molecule is CCn1c(C)cc(CNCc2csc(C)n2)c1C. The number of hydrogen-bond acceptors (Lipinski definition) is 3. The van der Waals surface area contributed by atoms with E-state index in [-0.39, 0.29) is 0 Å². The van der Waals surface area contributed by atoms with Crippen LogP contribution in [0.2, 0.25) is 0 Å². The molecule has 0 aliphatic carbocycles. The van der Waals surface area contributed by atoms with Crippen molar-refractivity contribution >= 4 is 11.3 Å². The third-order valence-corrected chi connectivity index (χ3v) is 4.11. The van der Waals surface area contributed by atoms with E-state index >= 15 is 0 Å². The maximum atomic E-state index is 4.45. The highest BCUT2D eigenvalue weighted by Gasteiger charge is 2.07. The molecule has 0 amide bonds. The Morgan fingerprint density at radius 3 is 2.61 bits per heavy atom. The van der Waals surface area contributed by atoms with Crippen molar-refractivity contribution < 1.29 is 0 Å². The number of rotatable bonds is 5. The van der Waals surface area contributed by atoms with Crippen molar-refractivity contribution in [2.45, 2.75) is 47.3 Å². The zero-order chi connectivity index (χ0) is 13.1. The molecule has 2 aromatic rings. The summed E-state index contributed by atoms with van der Waals surface area (Å²) in [4.78, 5) is 4.45. The molecule has 0 aromatic carbocycles. The third-order valence-electron chi connectivity index (χ3n) is 3.28. The molecule has 0 unspecified atom stereocenters. The van der Waals surface area contributed by atoms with Crippen LogP contribution in [0.25, 0.3) is 0 Å². The summed E-state index contributed by atoms with van der Waals surface area (Å²) in [6.45, 7) is 11.4. The van der Waals surface area contributed by atoms with E-state index in [1.54, 1.807) is 11.3 Å². The van der Waals surface area contributed by atoms with E-state index in [0.29, 0.717) is 0 Å². The van der Waals surface area contributed by atoms with Crippen molar-refractivity contribution in [2.75, 3.05) is 0 Å². The summed E-state index contributed by atoms with van der Waals surface area (Å²) < 4.78 is 2.35. The van der Waals surface area contributed by atoms with Gasteiger partial charge in [-0.1, -0.05) is 0 Å². The number of hydrogen-bond donors (Lipinski definition) is 1. The highest BCUT2D eigenvalue weighted by molar-refractivity contribution is 7.09. The molecule has 0 saturated heterocycles. The largest absolute Gasteiger partial charge is 0.349 e. The van der Waals surface area contributed by atoms with Crippen LogP contribution in [0.3, 0.4) is 0 Å². The average molecular weight is 263 g/mol. The Morgan fingerprint density at radius 2 is 2.06 bits per heavy atom. The lowest BCUT2D eigenvalue weighted by Gasteiger charge is -2.06. The van der Waals surface area contributed by atoms with E-state index in [1.165, 1.54) is 17.0 Å². The zero-order valence-electron chi connectivity index (χ0n) is 11.6. The molecular formula is C14H21N3S. The fourth-order valence-corrected chi connectivity index (χ4v) is 2.97. The molecule has 0 spiro atoms. The van der Waals surface area contributed by atoms with Crippen LogP contribution in [0.15, 0.2) is 11.4 Å². The molecule has 3 nitrogen and oxygen atoms in total. The van der Waals surface area contributed by atoms with Crippen LogP contribution >= 0.6 is 11.3 Å². The molecule has 98 valence electrons. The van der Waals surface area contributed by atoms with Gasteiger partial charge in [0.2, 0.25) is 0 Å². The summed E-state index contributed by atoms with van der Waals surface area (Å²) in [6.07, 6.45) is 0. The molecular weight excluding hydrogens is 242 g/mol. The van der Waals surface area contributed by atoms with E-state index in [1.807, 2.05) is 6.92 Å². The van der Waals surface area contributed by atoms with Crippen LogP contribution in [0, 0.1) is 20.8 Å². The highest BCUT2D eigenvalue weighted by Crippen LogP contribution is 2.15. The molecule has 18 heavy (non-hydrogen) atoms. The Morgan fingerprint density at radius 1 is 1.28 bits per heavy atom. The van der Waals surface area contributed by atoms with Crippen LogP contribution in [0.4, 0.5) is 0 Å². The lowest BCUT2D eigenvalue weighted by atomic mass is 10.2. The molecule has 2 aromatic heterocycles. The van der Waals surface area contributed by atoms with Gasteiger partial charge in [0.1, 0.15) is 0 Å². The summed E-state index contributed by atoms with van der Waals surface area (Å²) >= 11 is 1.71. The minimum Gasteiger partial charge on any atom is -0.349 e. The third kappa shape index (κ3) is 2.82. The first-order chi connectivity index (χ1) is 8.61. The predicted molar refractivity (Wildman–Crippen MR) is 77.0 cm³/mol. The van der Waals surface area contributed by atoms with Gasteiger partial charge >= 0.3 is 0 Å². The van der Waals surface area contributed by atoms with E-state index in [2.05, 4.69) is 47.1 Å². The zero-order valence-corrected chi connectivity index (χ0v) is 12.4. The van der Waals surface area contributed by atoms with E-state index in [4.69, 9.17) is 0 Å². The molecule has 0 fully saturated rings. The lowest BCUT2D eigenvalue weighted by molar-refractivity contribution is 0.668. The van der Waals surface area contributed by atoms with Crippen molar-refractivity contribution in [3.63, 3.8) is 0 Å². The monoisotopic (exact) mass is 263 g/mol. The number of aromatic nitrogens is 2. The Hall–Kier alpha value is -1.13. The first-order valence-corrected chi connectivity index (χ1v) is 7.27. The maximum absolute atomic E-state index is 4.45. The first-order valence-electron chi connectivity index (χ1n) is 6.39. The second-order valence-electron chi connectivity index (χ2n) is 4.60. The number of thiazole rings is 1. The second-order valence-corrected chi connectivity index (χ2v) is 5.66. The molecule has 0 saturated carbocycles. The summed E-state index contributed by atoms with van der Waals surface area (Å²) in [5.74, 6) is 0. The Kier molecular flexibility index (Phi) is 4.19. The van der Waals surface area contributed by atoms with Crippen LogP contribution in [0.5, 0.6) is 0 Å². The van der Waals surface area contributed by atoms with Gasteiger partial charge in [-0.2, -0.15) is 0 Å². The number of nitrogens with zero attached hydrogens (tertiary/aromatic N) is 2. The van der Waals surface area contributed by atoms with Crippen molar-refractivity contribution in [1.29, 1.82) is 0 Å². The van der Waals surface area contributed by atoms with Gasteiger partial charge in [0.05, 0.1) is 10.7 Å². The summed E-state index contributed by atoms with van der Waals surface area (Å²) in [5, 5.41) is 6.73. The Labute approximate surface area is 113 Å². The molecule has 0 radical (unpaired) electrons. The standard InChI is InChI=1S/C14H21N3S/c1-5-17-10(2)6-13(11(17)3)7-15-8-14-9-18-12(4)16-14/h6,9,15H,5,7-8H2,1-4H3. The maximum Gasteiger partial charge on any atom is 0.0897 e. The van der Waals surface area contributed by atoms with Gasteiger partial charge in [0, 0.05) is 36.4 Å². The van der Waals surface area contributed by atoms with Crippen molar-refractivity contribution in [2.24, 2.45) is 0 Å².